The van der Waals surface area contributed by atoms with Crippen LogP contribution in [0, 0.1) is 10.1 Å². The number of hydrogen-bond donors (Lipinski definition) is 1. The van der Waals surface area contributed by atoms with E-state index in [1.165, 1.54) is 17.1 Å². The van der Waals surface area contributed by atoms with Gasteiger partial charge in [0.25, 0.3) is 0 Å². The van der Waals surface area contributed by atoms with Crippen molar-refractivity contribution in [3.05, 3.63) is 33.2 Å². The lowest BCUT2D eigenvalue weighted by Gasteiger charge is -2.01. The first kappa shape index (κ1) is 10.5. The van der Waals surface area contributed by atoms with Crippen LogP contribution in [0.4, 0.5) is 11.6 Å². The first-order chi connectivity index (χ1) is 7.58. The summed E-state index contributed by atoms with van der Waals surface area (Å²) in [7, 11) is 0. The summed E-state index contributed by atoms with van der Waals surface area (Å²) < 4.78 is 1.93. The molecule has 0 aromatic carbocycles. The highest BCUT2D eigenvalue weighted by Gasteiger charge is 2.18. The molecule has 0 unspecified atom stereocenters. The molecule has 82 valence electrons. The largest absolute Gasteiger partial charge is 0.368 e. The van der Waals surface area contributed by atoms with Crippen molar-refractivity contribution in [1.29, 1.82) is 0 Å². The van der Waals surface area contributed by atoms with E-state index in [1.807, 2.05) is 0 Å². The average Bonchev–Trinajstić information content (AvgIpc) is 2.64. The molecule has 0 bridgehead atoms. The molecule has 0 fully saturated rings. The second-order valence-corrected chi connectivity index (χ2v) is 3.71. The summed E-state index contributed by atoms with van der Waals surface area (Å²) in [6.45, 7) is 0. The Morgan fingerprint density at radius 2 is 2.25 bits per heavy atom. The van der Waals surface area contributed by atoms with Crippen molar-refractivity contribution in [2.24, 2.45) is 0 Å². The normalized spacial score (nSPS) is 10.3. The molecule has 0 aliphatic carbocycles. The Labute approximate surface area is 97.4 Å². The smallest absolute Gasteiger partial charge is 0.332 e. The topological polar surface area (TPSA) is 113 Å². The first-order valence-corrected chi connectivity index (χ1v) is 4.84. The summed E-state index contributed by atoms with van der Waals surface area (Å²) in [4.78, 5) is 17.5. The van der Waals surface area contributed by atoms with Crippen LogP contribution >= 0.6 is 15.9 Å². The van der Waals surface area contributed by atoms with Crippen LogP contribution in [0.2, 0.25) is 0 Å². The molecule has 0 atom stereocenters. The summed E-state index contributed by atoms with van der Waals surface area (Å²) >= 11 is 3.18. The van der Waals surface area contributed by atoms with Crippen LogP contribution in [0.3, 0.4) is 0 Å². The summed E-state index contributed by atoms with van der Waals surface area (Å²) in [6.07, 6.45) is 4.07. The van der Waals surface area contributed by atoms with Crippen molar-refractivity contribution in [3.8, 4) is 5.82 Å². The van der Waals surface area contributed by atoms with Crippen molar-refractivity contribution < 1.29 is 4.92 Å². The molecule has 0 saturated heterocycles. The molecule has 2 heterocycles. The van der Waals surface area contributed by atoms with Crippen molar-refractivity contribution in [3.63, 3.8) is 0 Å². The summed E-state index contributed by atoms with van der Waals surface area (Å²) in [6, 6.07) is 0. The fourth-order valence-electron chi connectivity index (χ4n) is 1.09. The van der Waals surface area contributed by atoms with E-state index in [4.69, 9.17) is 5.73 Å². The fourth-order valence-corrected chi connectivity index (χ4v) is 1.38. The number of hydrogen-bond acceptors (Lipinski definition) is 6. The van der Waals surface area contributed by atoms with Crippen LogP contribution < -0.4 is 5.73 Å². The Morgan fingerprint density at radius 1 is 1.50 bits per heavy atom. The predicted molar refractivity (Wildman–Crippen MR) is 57.9 cm³/mol. The van der Waals surface area contributed by atoms with E-state index >= 15 is 0 Å². The molecular weight excluding hydrogens is 280 g/mol. The van der Waals surface area contributed by atoms with E-state index in [0.717, 1.165) is 6.20 Å². The zero-order valence-electron chi connectivity index (χ0n) is 7.74. The van der Waals surface area contributed by atoms with Crippen LogP contribution in [0.5, 0.6) is 0 Å². The Kier molecular flexibility index (Phi) is 2.52. The van der Waals surface area contributed by atoms with E-state index in [-0.39, 0.29) is 17.5 Å². The number of anilines is 1. The molecule has 2 aromatic heterocycles. The molecule has 0 amide bonds. The SMILES string of the molecule is Nc1ncc([N+](=O)[O-])c(-n2cc(Br)cn2)n1. The molecule has 2 rings (SSSR count). The summed E-state index contributed by atoms with van der Waals surface area (Å²) in [5, 5.41) is 14.6. The van der Waals surface area contributed by atoms with Gasteiger partial charge in [-0.2, -0.15) is 10.1 Å². The minimum atomic E-state index is -0.593. The van der Waals surface area contributed by atoms with Gasteiger partial charge in [0, 0.05) is 6.20 Å². The van der Waals surface area contributed by atoms with Crippen LogP contribution in [-0.4, -0.2) is 24.7 Å². The van der Waals surface area contributed by atoms with Crippen LogP contribution in [0.15, 0.2) is 23.1 Å². The van der Waals surface area contributed by atoms with Gasteiger partial charge in [-0.25, -0.2) is 9.67 Å². The molecule has 0 spiro atoms. The third-order valence-corrected chi connectivity index (χ3v) is 2.14. The number of nitrogen functional groups attached to an aromatic ring is 1. The Bertz CT molecular complexity index is 554. The quantitative estimate of drug-likeness (QED) is 0.648. The minimum absolute atomic E-state index is 0.0307. The molecule has 16 heavy (non-hydrogen) atoms. The van der Waals surface area contributed by atoms with Crippen molar-refractivity contribution >= 4 is 27.6 Å². The zero-order chi connectivity index (χ0) is 11.7. The number of nitrogens with two attached hydrogens (primary N) is 1. The van der Waals surface area contributed by atoms with Crippen molar-refractivity contribution in [2.75, 3.05) is 5.73 Å². The standard InChI is InChI=1S/C7H5BrN6O2/c8-4-1-11-13(3-4)6-5(14(15)16)2-10-7(9)12-6/h1-3H,(H2,9,10,12). The van der Waals surface area contributed by atoms with Crippen LogP contribution in [0.1, 0.15) is 0 Å². The molecule has 0 saturated carbocycles. The molecule has 8 nitrogen and oxygen atoms in total. The van der Waals surface area contributed by atoms with Gasteiger partial charge in [0.2, 0.25) is 11.8 Å². The van der Waals surface area contributed by atoms with Gasteiger partial charge in [0.15, 0.2) is 0 Å². The maximum atomic E-state index is 10.7. The van der Waals surface area contributed by atoms with Gasteiger partial charge in [-0.1, -0.05) is 0 Å². The maximum absolute atomic E-state index is 10.7. The highest BCUT2D eigenvalue weighted by molar-refractivity contribution is 9.10. The van der Waals surface area contributed by atoms with E-state index in [0.29, 0.717) is 4.47 Å². The third kappa shape index (κ3) is 1.84. The number of nitro groups is 1. The van der Waals surface area contributed by atoms with Crippen LogP contribution in [-0.2, 0) is 0 Å². The summed E-state index contributed by atoms with van der Waals surface area (Å²) in [5.74, 6) is -0.0181. The molecule has 9 heteroatoms. The lowest BCUT2D eigenvalue weighted by Crippen LogP contribution is -2.07. The number of aromatic nitrogens is 4. The van der Waals surface area contributed by atoms with Gasteiger partial charge in [0.1, 0.15) is 6.20 Å². The average molecular weight is 285 g/mol. The second-order valence-electron chi connectivity index (χ2n) is 2.80. The monoisotopic (exact) mass is 284 g/mol. The predicted octanol–water partition coefficient (Wildman–Crippen LogP) is 0.915. The van der Waals surface area contributed by atoms with Gasteiger partial charge in [-0.05, 0) is 15.9 Å². The number of nitrogens with zero attached hydrogens (tertiary/aromatic N) is 5. The van der Waals surface area contributed by atoms with Crippen LogP contribution in [0.25, 0.3) is 5.82 Å². The van der Waals surface area contributed by atoms with Crippen molar-refractivity contribution in [1.82, 2.24) is 19.7 Å². The molecule has 0 aliphatic heterocycles. The molecular formula is C7H5BrN6O2. The van der Waals surface area contributed by atoms with Crippen molar-refractivity contribution in [2.45, 2.75) is 0 Å². The van der Waals surface area contributed by atoms with Gasteiger partial charge in [0.05, 0.1) is 15.6 Å². The van der Waals surface area contributed by atoms with Gasteiger partial charge < -0.3 is 5.73 Å². The first-order valence-electron chi connectivity index (χ1n) is 4.05. The molecule has 2 aromatic rings. The Balaban J connectivity index is 2.62. The highest BCUT2D eigenvalue weighted by Crippen LogP contribution is 2.20. The van der Waals surface area contributed by atoms with Gasteiger partial charge in [-0.15, -0.1) is 0 Å². The minimum Gasteiger partial charge on any atom is -0.368 e. The van der Waals surface area contributed by atoms with E-state index < -0.39 is 4.92 Å². The Hall–Kier alpha value is -2.03. The van der Waals surface area contributed by atoms with E-state index in [9.17, 15) is 10.1 Å². The second kappa shape index (κ2) is 3.85. The Morgan fingerprint density at radius 3 is 2.81 bits per heavy atom. The van der Waals surface area contributed by atoms with E-state index in [2.05, 4.69) is 31.0 Å². The lowest BCUT2D eigenvalue weighted by molar-refractivity contribution is -0.385. The van der Waals surface area contributed by atoms with Gasteiger partial charge in [-0.3, -0.25) is 10.1 Å². The molecule has 2 N–H and O–H groups in total. The molecule has 0 aliphatic rings. The summed E-state index contributed by atoms with van der Waals surface area (Å²) in [5.41, 5.74) is 5.11. The number of halogens is 1. The zero-order valence-corrected chi connectivity index (χ0v) is 9.33. The highest BCUT2D eigenvalue weighted by atomic mass is 79.9. The molecule has 0 radical (unpaired) electrons. The third-order valence-electron chi connectivity index (χ3n) is 1.73. The van der Waals surface area contributed by atoms with E-state index in [1.54, 1.807) is 0 Å². The number of rotatable bonds is 2. The lowest BCUT2D eigenvalue weighted by atomic mass is 10.5. The fraction of sp³-hybridized carbons (Fsp3) is 0. The van der Waals surface area contributed by atoms with Gasteiger partial charge >= 0.3 is 5.69 Å². The maximum Gasteiger partial charge on any atom is 0.332 e.